The molecule has 0 aliphatic carbocycles. The van der Waals surface area contributed by atoms with E-state index in [1.807, 2.05) is 44.3 Å². The van der Waals surface area contributed by atoms with Crippen molar-refractivity contribution < 1.29 is 80.5 Å². The number of esters is 2. The van der Waals surface area contributed by atoms with Gasteiger partial charge in [0.25, 0.3) is 19.1 Å². The topological polar surface area (TPSA) is 230 Å². The number of para-hydroxylation sites is 2. The van der Waals surface area contributed by atoms with Gasteiger partial charge in [-0.05, 0) is 75.2 Å². The van der Waals surface area contributed by atoms with E-state index in [1.54, 1.807) is 74.5 Å². The van der Waals surface area contributed by atoms with Crippen LogP contribution in [-0.4, -0.2) is 80.3 Å². The van der Waals surface area contributed by atoms with Crippen LogP contribution in [0.3, 0.4) is 0 Å². The SMILES string of the molecule is CCOC(=O)C(Cc1c[nH]c2ccccc12)NC(C)=O.CCOC(=O)C(Cc1cn(S(=O)(=O)c2ccc(C)cc2)c2ccccc12)NC(C)=O.Cc1ccc(S(=O)(=O)Cl)cc1.[Na+].[OH-]. The number of ether oxygens (including phenoxy) is 2. The summed E-state index contributed by atoms with van der Waals surface area (Å²) in [6, 6.07) is 26.3. The summed E-state index contributed by atoms with van der Waals surface area (Å²) in [7, 11) is -2.30. The number of hydrogen-bond donors (Lipinski definition) is 3. The zero-order valence-electron chi connectivity index (χ0n) is 36.0. The summed E-state index contributed by atoms with van der Waals surface area (Å²) >= 11 is 0. The minimum atomic E-state index is -3.84. The number of hydrogen-bond acceptors (Lipinski definition) is 11. The van der Waals surface area contributed by atoms with Crippen LogP contribution in [0.1, 0.15) is 49.9 Å². The molecule has 2 aromatic heterocycles. The van der Waals surface area contributed by atoms with Crippen LogP contribution in [0.25, 0.3) is 21.8 Å². The minimum Gasteiger partial charge on any atom is -0.870 e. The van der Waals surface area contributed by atoms with Crippen LogP contribution in [0.2, 0.25) is 0 Å². The quantitative estimate of drug-likeness (QED) is 0.0865. The molecule has 6 rings (SSSR count). The third-order valence-corrected chi connectivity index (χ3v) is 12.1. The third-order valence-electron chi connectivity index (χ3n) is 9.06. The number of carbonyl (C=O) groups is 4. The molecule has 0 saturated heterocycles. The van der Waals surface area contributed by atoms with Gasteiger partial charge in [-0.3, -0.25) is 9.59 Å². The Kier molecular flexibility index (Phi) is 21.2. The predicted octanol–water partition coefficient (Wildman–Crippen LogP) is 3.32. The fourth-order valence-corrected chi connectivity index (χ4v) is 8.37. The van der Waals surface area contributed by atoms with E-state index in [0.717, 1.165) is 27.6 Å². The molecule has 4 aromatic carbocycles. The van der Waals surface area contributed by atoms with Crippen molar-refractivity contribution in [3.05, 3.63) is 132 Å². The van der Waals surface area contributed by atoms with E-state index in [1.165, 1.54) is 36.1 Å². The number of amides is 2. The van der Waals surface area contributed by atoms with E-state index >= 15 is 0 Å². The standard InChI is InChI=1S/C22H24N2O5S.C15H18N2O3.C7H7ClO2S.Na.H2O/c1-4-29-22(26)20(23-16(3)25)13-17-14-24(21-8-6-5-7-19(17)21)30(27,28)18-11-9-15(2)10-12-18;1-3-20-15(19)14(17-10(2)18)8-11-9-16-13-7-5-4-6-12(11)13;1-6-2-4-7(5-3-6)11(8,9)10;;/h5-12,14,20H,4,13H2,1-3H3,(H,23,25);4-7,9,14,16H,3,8H2,1-2H3,(H,17,18);2-5H,1H3;;1H2/q;;;+1;/p-1. The van der Waals surface area contributed by atoms with Crippen LogP contribution in [0.15, 0.2) is 119 Å². The first-order chi connectivity index (χ1) is 28.8. The Hall–Kier alpha value is -5.01. The summed E-state index contributed by atoms with van der Waals surface area (Å²) in [5, 5.41) is 6.97. The van der Waals surface area contributed by atoms with E-state index in [0.29, 0.717) is 29.5 Å². The molecule has 332 valence electrons. The van der Waals surface area contributed by atoms with Crippen molar-refractivity contribution >= 4 is 75.3 Å². The van der Waals surface area contributed by atoms with Gasteiger partial charge < -0.3 is 30.6 Å². The van der Waals surface area contributed by atoms with Gasteiger partial charge in [-0.25, -0.2) is 30.4 Å². The molecule has 15 nitrogen and oxygen atoms in total. The number of nitrogens with zero attached hydrogens (tertiary/aromatic N) is 1. The van der Waals surface area contributed by atoms with Crippen molar-refractivity contribution in [1.82, 2.24) is 19.6 Å². The number of halogens is 1. The largest absolute Gasteiger partial charge is 1.00 e. The first-order valence-corrected chi connectivity index (χ1v) is 23.0. The predicted molar refractivity (Wildman–Crippen MR) is 236 cm³/mol. The van der Waals surface area contributed by atoms with Crippen molar-refractivity contribution in [2.45, 2.75) is 76.3 Å². The normalized spacial score (nSPS) is 11.8. The first kappa shape index (κ1) is 54.1. The number of carbonyl (C=O) groups excluding carboxylic acids is 4. The number of aromatic nitrogens is 2. The van der Waals surface area contributed by atoms with Crippen LogP contribution in [0.5, 0.6) is 0 Å². The van der Waals surface area contributed by atoms with E-state index in [2.05, 4.69) is 15.6 Å². The third kappa shape index (κ3) is 15.3. The zero-order chi connectivity index (χ0) is 44.9. The monoisotopic (exact) mass is 932 g/mol. The molecule has 0 radical (unpaired) electrons. The van der Waals surface area contributed by atoms with Crippen LogP contribution >= 0.6 is 10.7 Å². The molecule has 4 N–H and O–H groups in total. The van der Waals surface area contributed by atoms with Gasteiger partial charge in [-0.2, -0.15) is 0 Å². The number of fused-ring (bicyclic) bond motifs is 2. The molecule has 63 heavy (non-hydrogen) atoms. The summed E-state index contributed by atoms with van der Waals surface area (Å²) in [6.07, 6.45) is 3.88. The molecule has 0 fully saturated rings. The Balaban J connectivity index is 0.000000356. The van der Waals surface area contributed by atoms with Crippen LogP contribution in [0.4, 0.5) is 0 Å². The van der Waals surface area contributed by atoms with Gasteiger partial charge in [-0.15, -0.1) is 0 Å². The molecule has 0 spiro atoms. The Morgan fingerprint density at radius 1 is 0.667 bits per heavy atom. The van der Waals surface area contributed by atoms with Crippen molar-refractivity contribution in [2.75, 3.05) is 13.2 Å². The Labute approximate surface area is 394 Å². The molecule has 2 heterocycles. The second-order valence-corrected chi connectivity index (χ2v) is 18.2. The molecular formula is C44H50ClN4NaO11S2. The van der Waals surface area contributed by atoms with Gasteiger partial charge in [0.05, 0.1) is 28.5 Å². The fourth-order valence-electron chi connectivity index (χ4n) is 6.21. The average molecular weight is 933 g/mol. The molecule has 6 aromatic rings. The Bertz CT molecular complexity index is 2700. The molecule has 0 saturated carbocycles. The molecular weight excluding hydrogens is 883 g/mol. The van der Waals surface area contributed by atoms with E-state index in [9.17, 15) is 36.0 Å². The minimum absolute atomic E-state index is 0. The molecule has 0 bridgehead atoms. The molecule has 0 aliphatic heterocycles. The second kappa shape index (κ2) is 24.7. The van der Waals surface area contributed by atoms with Gasteiger partial charge in [0.2, 0.25) is 11.8 Å². The Morgan fingerprint density at radius 2 is 1.11 bits per heavy atom. The summed E-state index contributed by atoms with van der Waals surface area (Å²) in [5.74, 6) is -1.59. The van der Waals surface area contributed by atoms with Crippen LogP contribution in [0, 0.1) is 13.8 Å². The van der Waals surface area contributed by atoms with Gasteiger partial charge in [0.15, 0.2) is 0 Å². The summed E-state index contributed by atoms with van der Waals surface area (Å²) < 4.78 is 59.3. The maximum atomic E-state index is 13.3. The number of benzene rings is 4. The van der Waals surface area contributed by atoms with Gasteiger partial charge >= 0.3 is 41.5 Å². The Morgan fingerprint density at radius 3 is 1.59 bits per heavy atom. The van der Waals surface area contributed by atoms with Crippen LogP contribution < -0.4 is 40.2 Å². The molecule has 0 aliphatic rings. The second-order valence-electron chi connectivity index (χ2n) is 13.8. The maximum absolute atomic E-state index is 13.3. The number of nitrogens with one attached hydrogen (secondary N) is 3. The van der Waals surface area contributed by atoms with Gasteiger partial charge in [-0.1, -0.05) is 71.8 Å². The van der Waals surface area contributed by atoms with Crippen LogP contribution in [-0.2, 0) is 60.6 Å². The number of rotatable bonds is 13. The molecule has 2 amide bonds. The fraction of sp³-hybridized carbons (Fsp3) is 0.273. The summed E-state index contributed by atoms with van der Waals surface area (Å²) in [4.78, 5) is 50.5. The molecule has 2 atom stereocenters. The number of H-pyrrole nitrogens is 1. The molecule has 19 heteroatoms. The number of aromatic amines is 1. The van der Waals surface area contributed by atoms with Crippen molar-refractivity contribution in [1.29, 1.82) is 0 Å². The summed E-state index contributed by atoms with van der Waals surface area (Å²) in [5.41, 5.74) is 5.07. The van der Waals surface area contributed by atoms with Crippen molar-refractivity contribution in [3.63, 3.8) is 0 Å². The number of aryl methyl sites for hydroxylation is 2. The van der Waals surface area contributed by atoms with E-state index < -0.39 is 43.1 Å². The van der Waals surface area contributed by atoms with E-state index in [4.69, 9.17) is 20.2 Å². The van der Waals surface area contributed by atoms with Gasteiger partial charge in [0.1, 0.15) is 12.1 Å². The van der Waals surface area contributed by atoms with Gasteiger partial charge in [0, 0.05) is 66.1 Å². The van der Waals surface area contributed by atoms with Crippen molar-refractivity contribution in [2.24, 2.45) is 0 Å². The average Bonchev–Trinajstić information content (AvgIpc) is 3.79. The van der Waals surface area contributed by atoms with Crippen molar-refractivity contribution in [3.8, 4) is 0 Å². The first-order valence-electron chi connectivity index (χ1n) is 19.2. The summed E-state index contributed by atoms with van der Waals surface area (Å²) in [6.45, 7) is 10.4. The smallest absolute Gasteiger partial charge is 0.870 e. The zero-order valence-corrected chi connectivity index (χ0v) is 40.4. The molecule has 2 unspecified atom stereocenters. The van der Waals surface area contributed by atoms with E-state index in [-0.39, 0.29) is 69.7 Å². The maximum Gasteiger partial charge on any atom is 1.00 e.